The third-order valence-electron chi connectivity index (χ3n) is 4.98. The lowest BCUT2D eigenvalue weighted by Crippen LogP contribution is -2.52. The molecule has 1 saturated heterocycles. The molecule has 0 saturated carbocycles. The van der Waals surface area contributed by atoms with Crippen LogP contribution < -0.4 is 10.2 Å². The number of nitrogens with one attached hydrogen (secondary N) is 1. The number of aliphatic hydroxyl groups excluding tert-OH is 1. The number of aromatic nitrogens is 5. The van der Waals surface area contributed by atoms with Gasteiger partial charge in [-0.05, 0) is 26.8 Å². The molecule has 1 unspecified atom stereocenters. The van der Waals surface area contributed by atoms with Gasteiger partial charge in [-0.2, -0.15) is 4.98 Å². The number of imidazole rings is 1. The largest absolute Gasteiger partial charge is 0.387 e. The van der Waals surface area contributed by atoms with Gasteiger partial charge in [-0.25, -0.2) is 23.7 Å². The molecule has 0 amide bonds. The number of aryl methyl sites for hydroxylation is 1. The van der Waals surface area contributed by atoms with E-state index in [0.29, 0.717) is 11.6 Å². The zero-order valence-electron chi connectivity index (χ0n) is 16.4. The molecule has 1 aliphatic heterocycles. The van der Waals surface area contributed by atoms with Gasteiger partial charge < -0.3 is 19.9 Å². The Morgan fingerprint density at radius 2 is 1.86 bits per heavy atom. The minimum Gasteiger partial charge on any atom is -0.387 e. The van der Waals surface area contributed by atoms with Crippen molar-refractivity contribution in [2.75, 3.05) is 23.3 Å². The number of aliphatic hydroxyl groups is 1. The maximum atomic E-state index is 13.8. The Bertz CT molecular complexity index is 1010. The first-order valence-electron chi connectivity index (χ1n) is 9.49. The third kappa shape index (κ3) is 3.71. The summed E-state index contributed by atoms with van der Waals surface area (Å²) in [6, 6.07) is 3.79. The fraction of sp³-hybridized carbons (Fsp3) is 0.474. The zero-order chi connectivity index (χ0) is 20.7. The molecule has 0 aliphatic carbocycles. The van der Waals surface area contributed by atoms with Crippen LogP contribution in [0.2, 0.25) is 0 Å². The van der Waals surface area contributed by atoms with E-state index in [-0.39, 0.29) is 25.1 Å². The summed E-state index contributed by atoms with van der Waals surface area (Å²) in [7, 11) is 0. The van der Waals surface area contributed by atoms with Crippen molar-refractivity contribution in [2.45, 2.75) is 45.3 Å². The Balaban J connectivity index is 1.59. The number of hydrogen-bond acceptors (Lipinski definition) is 7. The summed E-state index contributed by atoms with van der Waals surface area (Å²) >= 11 is 0. The predicted octanol–water partition coefficient (Wildman–Crippen LogP) is 2.71. The smallest absolute Gasteiger partial charge is 0.227 e. The lowest BCUT2D eigenvalue weighted by atomic mass is 10.1. The van der Waals surface area contributed by atoms with E-state index in [1.165, 1.54) is 11.1 Å². The van der Waals surface area contributed by atoms with Gasteiger partial charge in [-0.3, -0.25) is 0 Å². The van der Waals surface area contributed by atoms with Gasteiger partial charge in [-0.15, -0.1) is 0 Å². The minimum absolute atomic E-state index is 0.165. The molecule has 8 nitrogen and oxygen atoms in total. The number of fused-ring (bicyclic) bond motifs is 1. The molecule has 29 heavy (non-hydrogen) atoms. The fourth-order valence-electron chi connectivity index (χ4n) is 3.64. The molecular formula is C19H23F2N7O. The van der Waals surface area contributed by atoms with Crippen LogP contribution in [0, 0.1) is 6.92 Å². The van der Waals surface area contributed by atoms with Crippen LogP contribution in [-0.4, -0.2) is 61.1 Å². The van der Waals surface area contributed by atoms with Crippen molar-refractivity contribution in [1.29, 1.82) is 0 Å². The maximum absolute atomic E-state index is 13.8. The number of alkyl halides is 2. The average Bonchev–Trinajstić information content (AvgIpc) is 3.01. The van der Waals surface area contributed by atoms with Crippen molar-refractivity contribution in [1.82, 2.24) is 24.5 Å². The first kappa shape index (κ1) is 19.4. The van der Waals surface area contributed by atoms with Crippen LogP contribution >= 0.6 is 0 Å². The number of nitrogens with zero attached hydrogens (tertiary/aromatic N) is 6. The van der Waals surface area contributed by atoms with Gasteiger partial charge in [0.15, 0.2) is 0 Å². The van der Waals surface area contributed by atoms with E-state index in [2.05, 4.69) is 43.7 Å². The Morgan fingerprint density at radius 1 is 1.14 bits per heavy atom. The molecule has 154 valence electrons. The van der Waals surface area contributed by atoms with Gasteiger partial charge in [0.25, 0.3) is 0 Å². The monoisotopic (exact) mass is 403 g/mol. The predicted molar refractivity (Wildman–Crippen MR) is 106 cm³/mol. The second kappa shape index (κ2) is 7.51. The van der Waals surface area contributed by atoms with Gasteiger partial charge in [-0.1, -0.05) is 0 Å². The molecule has 0 spiro atoms. The topological polar surface area (TPSA) is 92.0 Å². The normalized spacial score (nSPS) is 22.4. The second-order valence-electron chi connectivity index (χ2n) is 7.48. The average molecular weight is 403 g/mol. The Morgan fingerprint density at radius 3 is 2.55 bits per heavy atom. The van der Waals surface area contributed by atoms with Crippen molar-refractivity contribution in [2.24, 2.45) is 0 Å². The Labute approximate surface area is 166 Å². The molecule has 2 N–H and O–H groups in total. The number of pyridine rings is 1. The number of halogens is 2. The first-order chi connectivity index (χ1) is 13.8. The van der Waals surface area contributed by atoms with Crippen molar-refractivity contribution >= 4 is 28.6 Å². The van der Waals surface area contributed by atoms with Gasteiger partial charge in [0.05, 0.1) is 24.8 Å². The van der Waals surface area contributed by atoms with Crippen LogP contribution in [0.1, 0.15) is 25.7 Å². The highest BCUT2D eigenvalue weighted by Crippen LogP contribution is 2.25. The summed E-state index contributed by atoms with van der Waals surface area (Å²) in [5.74, 6) is 2.12. The van der Waals surface area contributed by atoms with Gasteiger partial charge in [0, 0.05) is 18.3 Å². The lowest BCUT2D eigenvalue weighted by molar-refractivity contribution is 0.000909. The molecule has 0 bridgehead atoms. The van der Waals surface area contributed by atoms with Gasteiger partial charge in [0.2, 0.25) is 5.95 Å². The van der Waals surface area contributed by atoms with E-state index in [1.54, 1.807) is 12.3 Å². The molecule has 4 heterocycles. The third-order valence-corrected chi connectivity index (χ3v) is 4.98. The number of anilines is 3. The van der Waals surface area contributed by atoms with Crippen molar-refractivity contribution in [3.8, 4) is 0 Å². The van der Waals surface area contributed by atoms with E-state index < -0.39 is 18.4 Å². The zero-order valence-corrected chi connectivity index (χ0v) is 16.4. The summed E-state index contributed by atoms with van der Waals surface area (Å²) in [6.07, 6.45) is -1.79. The van der Waals surface area contributed by atoms with E-state index in [0.717, 1.165) is 16.9 Å². The number of rotatable bonds is 4. The summed E-state index contributed by atoms with van der Waals surface area (Å²) in [4.78, 5) is 18.8. The second-order valence-corrected chi connectivity index (χ2v) is 7.48. The van der Waals surface area contributed by atoms with E-state index >= 15 is 0 Å². The van der Waals surface area contributed by atoms with E-state index in [1.807, 2.05) is 13.0 Å². The summed E-state index contributed by atoms with van der Waals surface area (Å²) in [5, 5.41) is 12.6. The lowest BCUT2D eigenvalue weighted by Gasteiger charge is -2.34. The molecule has 1 fully saturated rings. The Hall–Kier alpha value is -2.88. The highest BCUT2D eigenvalue weighted by molar-refractivity contribution is 5.79. The van der Waals surface area contributed by atoms with Gasteiger partial charge >= 0.3 is 0 Å². The van der Waals surface area contributed by atoms with Crippen LogP contribution in [0.3, 0.4) is 0 Å². The molecular weight excluding hydrogens is 380 g/mol. The highest BCUT2D eigenvalue weighted by Gasteiger charge is 2.37. The molecule has 1 aliphatic rings. The standard InChI is InChI=1S/C19H23F2N7O/c1-10(2)28-11(3)24-14-7-23-17(6-15(14)28)25-16-4-5-22-19(26-16)27-8-12(20)18(29)13(21)9-27/h4-7,10,12-13,18,29H,8-9H2,1-3H3,(H,22,23,25,26)/t12-,13+,18?. The molecule has 10 heteroatoms. The summed E-state index contributed by atoms with van der Waals surface area (Å²) < 4.78 is 29.8. The van der Waals surface area contributed by atoms with Crippen LogP contribution in [-0.2, 0) is 0 Å². The Kier molecular flexibility index (Phi) is 5.03. The van der Waals surface area contributed by atoms with Crippen LogP contribution in [0.5, 0.6) is 0 Å². The number of hydrogen-bond donors (Lipinski definition) is 2. The van der Waals surface area contributed by atoms with Crippen molar-refractivity contribution in [3.05, 3.63) is 30.4 Å². The first-order valence-corrected chi connectivity index (χ1v) is 9.49. The highest BCUT2D eigenvalue weighted by atomic mass is 19.1. The van der Waals surface area contributed by atoms with E-state index in [4.69, 9.17) is 0 Å². The van der Waals surface area contributed by atoms with Gasteiger partial charge in [0.1, 0.15) is 41.4 Å². The minimum atomic E-state index is -1.69. The SMILES string of the molecule is Cc1nc2cnc(Nc3ccnc(N4C[C@@H](F)C(O)[C@@H](F)C4)n3)cc2n1C(C)C. The summed E-state index contributed by atoms with van der Waals surface area (Å²) in [6.45, 7) is 5.80. The molecule has 3 aromatic heterocycles. The molecule has 3 atom stereocenters. The van der Waals surface area contributed by atoms with Crippen LogP contribution in [0.25, 0.3) is 11.0 Å². The fourth-order valence-corrected chi connectivity index (χ4v) is 3.64. The molecule has 3 aromatic rings. The maximum Gasteiger partial charge on any atom is 0.227 e. The van der Waals surface area contributed by atoms with E-state index in [9.17, 15) is 13.9 Å². The molecule has 0 radical (unpaired) electrons. The van der Waals surface area contributed by atoms with Crippen molar-refractivity contribution < 1.29 is 13.9 Å². The van der Waals surface area contributed by atoms with Crippen LogP contribution in [0.15, 0.2) is 24.5 Å². The van der Waals surface area contributed by atoms with Crippen molar-refractivity contribution in [3.63, 3.8) is 0 Å². The summed E-state index contributed by atoms with van der Waals surface area (Å²) in [5.41, 5.74) is 1.76. The number of piperidine rings is 1. The molecule has 4 rings (SSSR count). The quantitative estimate of drug-likeness (QED) is 0.692. The van der Waals surface area contributed by atoms with Crippen LogP contribution in [0.4, 0.5) is 26.4 Å². The molecule has 0 aromatic carbocycles.